The van der Waals surface area contributed by atoms with E-state index in [1.54, 1.807) is 12.1 Å². The first-order valence-electron chi connectivity index (χ1n) is 6.19. The van der Waals surface area contributed by atoms with E-state index in [-0.39, 0.29) is 10.6 Å². The Hall–Kier alpha value is -1.64. The maximum absolute atomic E-state index is 11.1. The van der Waals surface area contributed by atoms with Gasteiger partial charge in [0.25, 0.3) is 5.70 Å². The smallest absolute Gasteiger partial charge is 0.258 e. The van der Waals surface area contributed by atoms with Crippen molar-refractivity contribution in [2.45, 2.75) is 32.1 Å². The van der Waals surface area contributed by atoms with Crippen LogP contribution < -0.4 is 0 Å². The van der Waals surface area contributed by atoms with Crippen LogP contribution in [0.25, 0.3) is 5.70 Å². The molecule has 1 aromatic rings. The molecule has 0 spiro atoms. The molecule has 1 aliphatic carbocycles. The van der Waals surface area contributed by atoms with Gasteiger partial charge in [0.15, 0.2) is 0 Å². The molecule has 1 saturated carbocycles. The summed E-state index contributed by atoms with van der Waals surface area (Å²) in [5.41, 5.74) is 0.973. The van der Waals surface area contributed by atoms with Crippen molar-refractivity contribution in [1.29, 1.82) is 0 Å². The Morgan fingerprint density at radius 1 is 1.18 bits per heavy atom. The van der Waals surface area contributed by atoms with Crippen LogP contribution in [0.4, 0.5) is 0 Å². The molecule has 0 bridgehead atoms. The Labute approximate surface area is 101 Å². The molecule has 1 aromatic carbocycles. The van der Waals surface area contributed by atoms with Gasteiger partial charge >= 0.3 is 0 Å². The van der Waals surface area contributed by atoms with E-state index in [1.807, 2.05) is 24.3 Å². The zero-order chi connectivity index (χ0) is 12.1. The lowest BCUT2D eigenvalue weighted by Gasteiger charge is -2.17. The second kappa shape index (κ2) is 5.62. The molecule has 90 valence electrons. The molecule has 0 saturated heterocycles. The summed E-state index contributed by atoms with van der Waals surface area (Å²) in [6.45, 7) is 0. The first-order valence-corrected chi connectivity index (χ1v) is 6.19. The highest BCUT2D eigenvalue weighted by atomic mass is 16.6. The van der Waals surface area contributed by atoms with Crippen LogP contribution in [0, 0.1) is 16.0 Å². The van der Waals surface area contributed by atoms with Gasteiger partial charge in [-0.1, -0.05) is 37.5 Å². The van der Waals surface area contributed by atoms with Crippen LogP contribution in [0.5, 0.6) is 0 Å². The SMILES string of the molecule is O=[N+]([O-])C(=CC1CCCCC1)c1ccccc1. The van der Waals surface area contributed by atoms with Gasteiger partial charge in [0.05, 0.1) is 10.5 Å². The zero-order valence-corrected chi connectivity index (χ0v) is 9.84. The number of nitro groups is 1. The van der Waals surface area contributed by atoms with Crippen molar-refractivity contribution in [3.8, 4) is 0 Å². The summed E-state index contributed by atoms with van der Waals surface area (Å²) in [6.07, 6.45) is 7.69. The van der Waals surface area contributed by atoms with Crippen LogP contribution in [-0.4, -0.2) is 4.92 Å². The van der Waals surface area contributed by atoms with Crippen LogP contribution >= 0.6 is 0 Å². The van der Waals surface area contributed by atoms with E-state index in [1.165, 1.54) is 19.3 Å². The summed E-state index contributed by atoms with van der Waals surface area (Å²) in [4.78, 5) is 10.9. The summed E-state index contributed by atoms with van der Waals surface area (Å²) < 4.78 is 0. The maximum Gasteiger partial charge on any atom is 0.272 e. The molecule has 0 heterocycles. The number of hydrogen-bond donors (Lipinski definition) is 0. The average molecular weight is 231 g/mol. The van der Waals surface area contributed by atoms with Gasteiger partial charge < -0.3 is 0 Å². The first-order chi connectivity index (χ1) is 8.27. The molecule has 1 aliphatic rings. The monoisotopic (exact) mass is 231 g/mol. The van der Waals surface area contributed by atoms with Gasteiger partial charge in [-0.25, -0.2) is 0 Å². The summed E-state index contributed by atoms with van der Waals surface area (Å²) >= 11 is 0. The lowest BCUT2D eigenvalue weighted by molar-refractivity contribution is -0.375. The fraction of sp³-hybridized carbons (Fsp3) is 0.429. The van der Waals surface area contributed by atoms with Crippen LogP contribution in [0.3, 0.4) is 0 Å². The zero-order valence-electron chi connectivity index (χ0n) is 9.84. The van der Waals surface area contributed by atoms with Gasteiger partial charge in [-0.05, 0) is 37.0 Å². The lowest BCUT2D eigenvalue weighted by atomic mass is 9.88. The quantitative estimate of drug-likeness (QED) is 0.585. The number of hydrogen-bond acceptors (Lipinski definition) is 2. The minimum atomic E-state index is -0.260. The molecule has 0 unspecified atom stereocenters. The van der Waals surface area contributed by atoms with E-state index >= 15 is 0 Å². The number of nitrogens with zero attached hydrogens (tertiary/aromatic N) is 1. The third-order valence-electron chi connectivity index (χ3n) is 3.31. The third kappa shape index (κ3) is 3.16. The van der Waals surface area contributed by atoms with E-state index in [9.17, 15) is 10.1 Å². The van der Waals surface area contributed by atoms with E-state index < -0.39 is 0 Å². The molecule has 1 fully saturated rings. The van der Waals surface area contributed by atoms with Crippen molar-refractivity contribution in [2.24, 2.45) is 5.92 Å². The molecule has 2 rings (SSSR count). The van der Waals surface area contributed by atoms with E-state index in [4.69, 9.17) is 0 Å². The molecule has 17 heavy (non-hydrogen) atoms. The van der Waals surface area contributed by atoms with E-state index in [2.05, 4.69) is 0 Å². The number of benzene rings is 1. The maximum atomic E-state index is 11.1. The van der Waals surface area contributed by atoms with Gasteiger partial charge in [-0.2, -0.15) is 0 Å². The van der Waals surface area contributed by atoms with Gasteiger partial charge in [-0.3, -0.25) is 10.1 Å². The highest BCUT2D eigenvalue weighted by Crippen LogP contribution is 2.28. The molecular formula is C14H17NO2. The van der Waals surface area contributed by atoms with Crippen LogP contribution in [0.1, 0.15) is 37.7 Å². The van der Waals surface area contributed by atoms with Gasteiger partial charge in [-0.15, -0.1) is 0 Å². The Bertz CT molecular complexity index is 405. The Morgan fingerprint density at radius 3 is 2.41 bits per heavy atom. The van der Waals surface area contributed by atoms with Gasteiger partial charge in [0.2, 0.25) is 0 Å². The summed E-state index contributed by atoms with van der Waals surface area (Å²) in [5, 5.41) is 11.1. The Morgan fingerprint density at radius 2 is 1.82 bits per heavy atom. The third-order valence-corrected chi connectivity index (χ3v) is 3.31. The van der Waals surface area contributed by atoms with Crippen molar-refractivity contribution in [3.63, 3.8) is 0 Å². The lowest BCUT2D eigenvalue weighted by Crippen LogP contribution is -2.07. The van der Waals surface area contributed by atoms with Crippen molar-refractivity contribution in [3.05, 3.63) is 52.1 Å². The van der Waals surface area contributed by atoms with Gasteiger partial charge in [0, 0.05) is 0 Å². The topological polar surface area (TPSA) is 43.1 Å². The molecule has 0 N–H and O–H groups in total. The minimum Gasteiger partial charge on any atom is -0.258 e. The normalized spacial score (nSPS) is 18.0. The van der Waals surface area contributed by atoms with Crippen LogP contribution in [0.15, 0.2) is 36.4 Å². The van der Waals surface area contributed by atoms with E-state index in [0.717, 1.165) is 12.8 Å². The molecule has 3 nitrogen and oxygen atoms in total. The fourth-order valence-electron chi connectivity index (χ4n) is 2.40. The van der Waals surface area contributed by atoms with Gasteiger partial charge in [0.1, 0.15) is 0 Å². The van der Waals surface area contributed by atoms with Crippen molar-refractivity contribution >= 4 is 5.70 Å². The first kappa shape index (κ1) is 11.8. The van der Waals surface area contributed by atoms with E-state index in [0.29, 0.717) is 11.5 Å². The second-order valence-corrected chi connectivity index (χ2v) is 4.57. The predicted molar refractivity (Wildman–Crippen MR) is 68.0 cm³/mol. The van der Waals surface area contributed by atoms with Crippen molar-refractivity contribution < 1.29 is 4.92 Å². The van der Waals surface area contributed by atoms with Crippen LogP contribution in [0.2, 0.25) is 0 Å². The molecular weight excluding hydrogens is 214 g/mol. The fourth-order valence-corrected chi connectivity index (χ4v) is 2.40. The molecule has 0 aromatic heterocycles. The van der Waals surface area contributed by atoms with Crippen molar-refractivity contribution in [2.75, 3.05) is 0 Å². The van der Waals surface area contributed by atoms with Crippen molar-refractivity contribution in [1.82, 2.24) is 0 Å². The predicted octanol–water partition coefficient (Wildman–Crippen LogP) is 3.88. The second-order valence-electron chi connectivity index (χ2n) is 4.57. The number of rotatable bonds is 3. The average Bonchev–Trinajstić information content (AvgIpc) is 2.38. The Balaban J connectivity index is 2.22. The molecule has 0 amide bonds. The molecule has 0 radical (unpaired) electrons. The standard InChI is InChI=1S/C14H17NO2/c16-15(17)14(13-9-5-2-6-10-13)11-12-7-3-1-4-8-12/h2,5-6,9-12H,1,3-4,7-8H2. The summed E-state index contributed by atoms with van der Waals surface area (Å²) in [6, 6.07) is 9.16. The molecule has 3 heteroatoms. The molecule has 0 atom stereocenters. The Kier molecular flexibility index (Phi) is 3.91. The highest BCUT2D eigenvalue weighted by Gasteiger charge is 2.18. The summed E-state index contributed by atoms with van der Waals surface area (Å²) in [7, 11) is 0. The van der Waals surface area contributed by atoms with Crippen LogP contribution in [-0.2, 0) is 0 Å². The highest BCUT2D eigenvalue weighted by molar-refractivity contribution is 5.58. The minimum absolute atomic E-state index is 0.260. The molecule has 0 aliphatic heterocycles. The number of allylic oxidation sites excluding steroid dienone is 1. The summed E-state index contributed by atoms with van der Waals surface area (Å²) in [5.74, 6) is 0.379. The largest absolute Gasteiger partial charge is 0.272 e.